The number of nitrogens with two attached hydrogens (primary N) is 1. The average Bonchev–Trinajstić information content (AvgIpc) is 1.85. The fourth-order valence-electron chi connectivity index (χ4n) is 0.666. The van der Waals surface area contributed by atoms with Crippen LogP contribution in [0.3, 0.4) is 0 Å². The molecule has 0 aromatic heterocycles. The van der Waals surface area contributed by atoms with Crippen molar-refractivity contribution in [2.75, 3.05) is 0 Å². The van der Waals surface area contributed by atoms with Crippen LogP contribution in [-0.2, 0) is 0 Å². The Kier molecular flexibility index (Phi) is 6.75. The molecule has 2 atom stereocenters. The van der Waals surface area contributed by atoms with E-state index in [1.165, 1.54) is 0 Å². The highest BCUT2D eigenvalue weighted by Gasteiger charge is 2.38. The van der Waals surface area contributed by atoms with Crippen LogP contribution in [0.15, 0.2) is 0 Å². The first-order valence-corrected chi connectivity index (χ1v) is 3.75. The van der Waals surface area contributed by atoms with Gasteiger partial charge in [-0.05, 0) is 12.3 Å². The zero-order valence-electron chi connectivity index (χ0n) is 7.51. The van der Waals surface area contributed by atoms with Crippen molar-refractivity contribution in [2.24, 2.45) is 11.7 Å². The van der Waals surface area contributed by atoms with Crippen LogP contribution in [-0.4, -0.2) is 23.4 Å². The van der Waals surface area contributed by atoms with Crippen molar-refractivity contribution in [2.45, 2.75) is 38.6 Å². The SMILES string of the molecule is CC(C)[C@@H](O)C[C@@H](N)C(F)(F)F.Cl. The van der Waals surface area contributed by atoms with Crippen molar-refractivity contribution in [3.63, 3.8) is 0 Å². The summed E-state index contributed by atoms with van der Waals surface area (Å²) in [4.78, 5) is 0. The number of hydrogen-bond donors (Lipinski definition) is 2. The van der Waals surface area contributed by atoms with Gasteiger partial charge in [-0.3, -0.25) is 0 Å². The van der Waals surface area contributed by atoms with E-state index in [4.69, 9.17) is 10.8 Å². The zero-order valence-corrected chi connectivity index (χ0v) is 8.32. The van der Waals surface area contributed by atoms with Gasteiger partial charge in [-0.15, -0.1) is 12.4 Å². The Morgan fingerprint density at radius 1 is 1.31 bits per heavy atom. The largest absolute Gasteiger partial charge is 0.403 e. The Morgan fingerprint density at radius 2 is 1.69 bits per heavy atom. The molecule has 0 radical (unpaired) electrons. The molecule has 0 aromatic rings. The summed E-state index contributed by atoms with van der Waals surface area (Å²) in [5, 5.41) is 9.08. The molecule has 0 amide bonds. The lowest BCUT2D eigenvalue weighted by Gasteiger charge is -2.21. The number of hydrogen-bond acceptors (Lipinski definition) is 2. The number of aliphatic hydroxyl groups excluding tert-OH is 1. The van der Waals surface area contributed by atoms with Gasteiger partial charge in [0, 0.05) is 0 Å². The Labute approximate surface area is 81.7 Å². The van der Waals surface area contributed by atoms with Crippen LogP contribution in [0.5, 0.6) is 0 Å². The summed E-state index contributed by atoms with van der Waals surface area (Å²) in [6.45, 7) is 3.29. The Balaban J connectivity index is 0. The van der Waals surface area contributed by atoms with Gasteiger partial charge in [-0.25, -0.2) is 0 Å². The lowest BCUT2D eigenvalue weighted by atomic mass is 10.00. The molecule has 3 N–H and O–H groups in total. The first kappa shape index (κ1) is 15.5. The van der Waals surface area contributed by atoms with E-state index < -0.39 is 24.7 Å². The van der Waals surface area contributed by atoms with Gasteiger partial charge < -0.3 is 10.8 Å². The van der Waals surface area contributed by atoms with Crippen LogP contribution in [0.2, 0.25) is 0 Å². The Morgan fingerprint density at radius 3 is 1.92 bits per heavy atom. The molecular formula is C7H15ClF3NO. The molecule has 0 aliphatic carbocycles. The second-order valence-electron chi connectivity index (χ2n) is 3.20. The van der Waals surface area contributed by atoms with Crippen LogP contribution in [0.25, 0.3) is 0 Å². The van der Waals surface area contributed by atoms with Crippen LogP contribution in [0.4, 0.5) is 13.2 Å². The Hall–Kier alpha value is -0.0000000000000000555. The molecule has 6 heteroatoms. The first-order chi connectivity index (χ1) is 5.25. The summed E-state index contributed by atoms with van der Waals surface area (Å²) in [5.74, 6) is -0.196. The van der Waals surface area contributed by atoms with Gasteiger partial charge in [0.2, 0.25) is 0 Å². The summed E-state index contributed by atoms with van der Waals surface area (Å²) in [7, 11) is 0. The summed E-state index contributed by atoms with van der Waals surface area (Å²) in [6.07, 6.45) is -5.82. The van der Waals surface area contributed by atoms with E-state index in [0.29, 0.717) is 0 Å². The number of aliphatic hydroxyl groups is 1. The third kappa shape index (κ3) is 6.12. The maximum atomic E-state index is 11.8. The quantitative estimate of drug-likeness (QED) is 0.762. The molecule has 0 aliphatic rings. The van der Waals surface area contributed by atoms with E-state index in [2.05, 4.69) is 0 Å². The standard InChI is InChI=1S/C7H14F3NO.ClH/c1-4(2)5(12)3-6(11)7(8,9)10;/h4-6,12H,3,11H2,1-2H3;1H/t5-,6+;/m0./s1. The molecule has 0 saturated carbocycles. The van der Waals surface area contributed by atoms with Gasteiger partial charge in [0.1, 0.15) is 6.04 Å². The number of rotatable bonds is 3. The van der Waals surface area contributed by atoms with Gasteiger partial charge in [0.05, 0.1) is 6.10 Å². The van der Waals surface area contributed by atoms with Crippen molar-refractivity contribution >= 4 is 12.4 Å². The van der Waals surface area contributed by atoms with E-state index in [0.717, 1.165) is 0 Å². The maximum absolute atomic E-state index is 11.8. The van der Waals surface area contributed by atoms with E-state index in [1.54, 1.807) is 13.8 Å². The zero-order chi connectivity index (χ0) is 9.94. The molecule has 0 saturated heterocycles. The maximum Gasteiger partial charge on any atom is 0.403 e. The van der Waals surface area contributed by atoms with E-state index >= 15 is 0 Å². The second kappa shape index (κ2) is 5.67. The van der Waals surface area contributed by atoms with Gasteiger partial charge >= 0.3 is 6.18 Å². The second-order valence-corrected chi connectivity index (χ2v) is 3.20. The van der Waals surface area contributed by atoms with Gasteiger partial charge in [0.15, 0.2) is 0 Å². The molecule has 13 heavy (non-hydrogen) atoms. The van der Waals surface area contributed by atoms with Gasteiger partial charge in [-0.2, -0.15) is 13.2 Å². The molecule has 0 aromatic carbocycles. The van der Waals surface area contributed by atoms with Gasteiger partial charge in [0.25, 0.3) is 0 Å². The smallest absolute Gasteiger partial charge is 0.393 e. The van der Waals surface area contributed by atoms with Crippen LogP contribution < -0.4 is 5.73 Å². The monoisotopic (exact) mass is 221 g/mol. The van der Waals surface area contributed by atoms with Crippen LogP contribution in [0, 0.1) is 5.92 Å². The minimum absolute atomic E-state index is 0. The summed E-state index contributed by atoms with van der Waals surface area (Å²) < 4.78 is 35.5. The van der Waals surface area contributed by atoms with Crippen molar-refractivity contribution < 1.29 is 18.3 Å². The number of alkyl halides is 3. The predicted molar refractivity (Wildman–Crippen MR) is 46.7 cm³/mol. The lowest BCUT2D eigenvalue weighted by Crippen LogP contribution is -2.41. The molecule has 82 valence electrons. The average molecular weight is 222 g/mol. The summed E-state index contributed by atoms with van der Waals surface area (Å²) >= 11 is 0. The molecule has 0 rings (SSSR count). The van der Waals surface area contributed by atoms with E-state index in [-0.39, 0.29) is 18.3 Å². The molecule has 0 bridgehead atoms. The summed E-state index contributed by atoms with van der Waals surface area (Å²) in [5.41, 5.74) is 4.80. The van der Waals surface area contributed by atoms with E-state index in [1.807, 2.05) is 0 Å². The van der Waals surface area contributed by atoms with Crippen molar-refractivity contribution in [1.82, 2.24) is 0 Å². The topological polar surface area (TPSA) is 46.2 Å². The van der Waals surface area contributed by atoms with Crippen molar-refractivity contribution in [3.8, 4) is 0 Å². The molecule has 0 unspecified atom stereocenters. The molecule has 2 nitrogen and oxygen atoms in total. The van der Waals surface area contributed by atoms with Crippen molar-refractivity contribution in [3.05, 3.63) is 0 Å². The van der Waals surface area contributed by atoms with Crippen LogP contribution >= 0.6 is 12.4 Å². The molecule has 0 aliphatic heterocycles. The fraction of sp³-hybridized carbons (Fsp3) is 1.00. The summed E-state index contributed by atoms with van der Waals surface area (Å²) in [6, 6.07) is -1.92. The van der Waals surface area contributed by atoms with Crippen LogP contribution in [0.1, 0.15) is 20.3 Å². The third-order valence-electron chi connectivity index (χ3n) is 1.69. The molecule has 0 fully saturated rings. The highest BCUT2D eigenvalue weighted by molar-refractivity contribution is 5.85. The predicted octanol–water partition coefficient (Wildman–Crippen LogP) is 1.70. The lowest BCUT2D eigenvalue weighted by molar-refractivity contribution is -0.154. The highest BCUT2D eigenvalue weighted by atomic mass is 35.5. The van der Waals surface area contributed by atoms with E-state index in [9.17, 15) is 13.2 Å². The molecular weight excluding hydrogens is 207 g/mol. The third-order valence-corrected chi connectivity index (χ3v) is 1.69. The molecule has 0 spiro atoms. The fourth-order valence-corrected chi connectivity index (χ4v) is 0.666. The minimum Gasteiger partial charge on any atom is -0.393 e. The minimum atomic E-state index is -4.41. The molecule has 0 heterocycles. The Bertz CT molecular complexity index is 140. The number of halogens is 4. The first-order valence-electron chi connectivity index (χ1n) is 3.75. The van der Waals surface area contributed by atoms with Gasteiger partial charge in [-0.1, -0.05) is 13.8 Å². The normalized spacial score (nSPS) is 16.6. The van der Waals surface area contributed by atoms with Crippen molar-refractivity contribution in [1.29, 1.82) is 0 Å². The highest BCUT2D eigenvalue weighted by Crippen LogP contribution is 2.23.